The summed E-state index contributed by atoms with van der Waals surface area (Å²) in [6, 6.07) is 0.201. The monoisotopic (exact) mass is 200 g/mol. The van der Waals surface area contributed by atoms with Crippen molar-refractivity contribution in [2.24, 2.45) is 4.99 Å². The molecule has 0 spiro atoms. The van der Waals surface area contributed by atoms with Crippen molar-refractivity contribution in [3.05, 3.63) is 0 Å². The normalized spacial score (nSPS) is 16.1. The number of nitrogens with one attached hydrogen (secondary N) is 1. The molecule has 82 valence electrons. The largest absolute Gasteiger partial charge is 0.475 e. The number of aliphatic carboxylic acids is 1. The topological polar surface area (TPSA) is 61.7 Å². The molecule has 2 atom stereocenters. The Morgan fingerprint density at radius 3 is 2.29 bits per heavy atom. The number of carboxylic acids is 1. The van der Waals surface area contributed by atoms with Crippen molar-refractivity contribution >= 4 is 11.8 Å². The first-order chi connectivity index (χ1) is 6.51. The Hall–Kier alpha value is -1.06. The van der Waals surface area contributed by atoms with E-state index in [2.05, 4.69) is 10.3 Å². The van der Waals surface area contributed by atoms with Crippen LogP contribution < -0.4 is 5.32 Å². The molecule has 0 aliphatic carbocycles. The third-order valence-electron chi connectivity index (χ3n) is 2.14. The van der Waals surface area contributed by atoms with Crippen LogP contribution >= 0.6 is 0 Å². The van der Waals surface area contributed by atoms with Gasteiger partial charge in [0.05, 0.1) is 0 Å². The Morgan fingerprint density at radius 1 is 1.36 bits per heavy atom. The van der Waals surface area contributed by atoms with Crippen molar-refractivity contribution in [1.82, 2.24) is 5.32 Å². The third kappa shape index (κ3) is 4.84. The number of hydrogen-bond donors (Lipinski definition) is 2. The Kier molecular flexibility index (Phi) is 5.92. The molecular formula is C10H20N2O2. The summed E-state index contributed by atoms with van der Waals surface area (Å²) in [5, 5.41) is 11.8. The van der Waals surface area contributed by atoms with Crippen molar-refractivity contribution in [3.63, 3.8) is 0 Å². The van der Waals surface area contributed by atoms with Gasteiger partial charge in [0.25, 0.3) is 0 Å². The summed E-state index contributed by atoms with van der Waals surface area (Å²) in [5.41, 5.74) is 0. The van der Waals surface area contributed by atoms with Gasteiger partial charge >= 0.3 is 5.97 Å². The van der Waals surface area contributed by atoms with Crippen LogP contribution in [0.3, 0.4) is 0 Å². The fourth-order valence-electron chi connectivity index (χ4n) is 0.801. The van der Waals surface area contributed by atoms with Gasteiger partial charge in [0, 0.05) is 12.1 Å². The highest BCUT2D eigenvalue weighted by Crippen LogP contribution is 1.97. The molecule has 0 amide bonds. The van der Waals surface area contributed by atoms with Gasteiger partial charge in [-0.1, -0.05) is 13.8 Å². The minimum atomic E-state index is -0.981. The first-order valence-electron chi connectivity index (χ1n) is 5.08. The number of carboxylic acid groups (broad SMARTS) is 1. The molecule has 0 aliphatic heterocycles. The van der Waals surface area contributed by atoms with E-state index in [1.165, 1.54) is 0 Å². The molecule has 0 saturated heterocycles. The van der Waals surface area contributed by atoms with Crippen molar-refractivity contribution < 1.29 is 9.90 Å². The standard InChI is InChI=1S/C10H20N2O2/c1-5-7(3)11-9(10(13)14)12-8(4)6-2/h7-8H,5-6H2,1-4H3,(H,11,12)(H,13,14). The van der Waals surface area contributed by atoms with E-state index in [0.29, 0.717) is 0 Å². The van der Waals surface area contributed by atoms with Gasteiger partial charge in [-0.2, -0.15) is 0 Å². The van der Waals surface area contributed by atoms with Crippen molar-refractivity contribution in [2.75, 3.05) is 0 Å². The van der Waals surface area contributed by atoms with E-state index in [-0.39, 0.29) is 17.9 Å². The van der Waals surface area contributed by atoms with Gasteiger partial charge in [0.1, 0.15) is 0 Å². The van der Waals surface area contributed by atoms with E-state index in [1.54, 1.807) is 0 Å². The zero-order valence-corrected chi connectivity index (χ0v) is 9.37. The van der Waals surface area contributed by atoms with Crippen LogP contribution in [0, 0.1) is 0 Å². The van der Waals surface area contributed by atoms with E-state index in [0.717, 1.165) is 12.8 Å². The molecule has 0 aliphatic rings. The summed E-state index contributed by atoms with van der Waals surface area (Å²) in [7, 11) is 0. The zero-order chi connectivity index (χ0) is 11.1. The Balaban J connectivity index is 4.44. The van der Waals surface area contributed by atoms with Crippen LogP contribution in [0.1, 0.15) is 40.5 Å². The average molecular weight is 200 g/mol. The molecule has 14 heavy (non-hydrogen) atoms. The molecule has 0 rings (SSSR count). The molecule has 0 aromatic heterocycles. The molecule has 0 aromatic rings. The molecule has 0 heterocycles. The maximum Gasteiger partial charge on any atom is 0.371 e. The van der Waals surface area contributed by atoms with E-state index < -0.39 is 5.97 Å². The second-order valence-electron chi connectivity index (χ2n) is 3.49. The minimum Gasteiger partial charge on any atom is -0.475 e. The Bertz CT molecular complexity index is 214. The van der Waals surface area contributed by atoms with Gasteiger partial charge in [-0.05, 0) is 26.7 Å². The summed E-state index contributed by atoms with van der Waals surface area (Å²) in [4.78, 5) is 14.9. The number of hydrogen-bond acceptors (Lipinski definition) is 2. The zero-order valence-electron chi connectivity index (χ0n) is 9.37. The highest BCUT2D eigenvalue weighted by Gasteiger charge is 2.12. The molecule has 0 bridgehead atoms. The van der Waals surface area contributed by atoms with Crippen molar-refractivity contribution in [1.29, 1.82) is 0 Å². The van der Waals surface area contributed by atoms with Crippen LogP contribution in [-0.4, -0.2) is 29.0 Å². The minimum absolute atomic E-state index is 0.0534. The number of amidine groups is 1. The summed E-state index contributed by atoms with van der Waals surface area (Å²) >= 11 is 0. The van der Waals surface area contributed by atoms with Gasteiger partial charge in [-0.25, -0.2) is 4.79 Å². The van der Waals surface area contributed by atoms with Crippen LogP contribution in [0.25, 0.3) is 0 Å². The fourth-order valence-corrected chi connectivity index (χ4v) is 0.801. The lowest BCUT2D eigenvalue weighted by Gasteiger charge is -2.13. The molecular weight excluding hydrogens is 180 g/mol. The second-order valence-corrected chi connectivity index (χ2v) is 3.49. The lowest BCUT2D eigenvalue weighted by atomic mass is 10.2. The first-order valence-corrected chi connectivity index (χ1v) is 5.08. The Labute approximate surface area is 85.4 Å². The number of rotatable bonds is 4. The maximum absolute atomic E-state index is 10.8. The van der Waals surface area contributed by atoms with Gasteiger partial charge in [0.15, 0.2) is 0 Å². The van der Waals surface area contributed by atoms with Crippen LogP contribution in [-0.2, 0) is 4.79 Å². The molecule has 2 unspecified atom stereocenters. The molecule has 4 nitrogen and oxygen atoms in total. The fraction of sp³-hybridized carbons (Fsp3) is 0.800. The van der Waals surface area contributed by atoms with Crippen LogP contribution in [0.4, 0.5) is 0 Å². The SMILES string of the molecule is CCC(C)N=C(NC(C)CC)C(=O)O. The maximum atomic E-state index is 10.8. The smallest absolute Gasteiger partial charge is 0.371 e. The average Bonchev–Trinajstić information content (AvgIpc) is 2.16. The molecule has 0 aromatic carbocycles. The predicted molar refractivity (Wildman–Crippen MR) is 57.7 cm³/mol. The van der Waals surface area contributed by atoms with Crippen LogP contribution in [0.2, 0.25) is 0 Å². The third-order valence-corrected chi connectivity index (χ3v) is 2.14. The van der Waals surface area contributed by atoms with Crippen LogP contribution in [0.15, 0.2) is 4.99 Å². The summed E-state index contributed by atoms with van der Waals surface area (Å²) in [6.07, 6.45) is 1.73. The summed E-state index contributed by atoms with van der Waals surface area (Å²) < 4.78 is 0. The van der Waals surface area contributed by atoms with Gasteiger partial charge in [-0.15, -0.1) is 0 Å². The predicted octanol–water partition coefficient (Wildman–Crippen LogP) is 1.66. The van der Waals surface area contributed by atoms with Crippen LogP contribution in [0.5, 0.6) is 0 Å². The highest BCUT2D eigenvalue weighted by molar-refractivity contribution is 6.34. The molecule has 0 fully saturated rings. The molecule has 4 heteroatoms. The number of carbonyl (C=O) groups is 1. The van der Waals surface area contributed by atoms with E-state index >= 15 is 0 Å². The van der Waals surface area contributed by atoms with Gasteiger partial charge < -0.3 is 10.4 Å². The number of nitrogens with zero attached hydrogens (tertiary/aromatic N) is 1. The van der Waals surface area contributed by atoms with Gasteiger partial charge in [-0.3, -0.25) is 4.99 Å². The second kappa shape index (κ2) is 6.40. The Morgan fingerprint density at radius 2 is 1.93 bits per heavy atom. The first kappa shape index (κ1) is 12.9. The summed E-state index contributed by atoms with van der Waals surface area (Å²) in [6.45, 7) is 7.83. The van der Waals surface area contributed by atoms with Crippen molar-refractivity contribution in [2.45, 2.75) is 52.6 Å². The van der Waals surface area contributed by atoms with Crippen molar-refractivity contribution in [3.8, 4) is 0 Å². The van der Waals surface area contributed by atoms with E-state index in [9.17, 15) is 4.79 Å². The lowest BCUT2D eigenvalue weighted by molar-refractivity contribution is -0.129. The summed E-state index contributed by atoms with van der Waals surface area (Å²) in [5.74, 6) is -0.903. The number of aliphatic imine (C=N–C) groups is 1. The molecule has 0 saturated carbocycles. The lowest BCUT2D eigenvalue weighted by Crippen LogP contribution is -2.38. The quantitative estimate of drug-likeness (QED) is 0.536. The highest BCUT2D eigenvalue weighted by atomic mass is 16.4. The van der Waals surface area contributed by atoms with E-state index in [1.807, 2.05) is 27.7 Å². The van der Waals surface area contributed by atoms with E-state index in [4.69, 9.17) is 5.11 Å². The van der Waals surface area contributed by atoms with Gasteiger partial charge in [0.2, 0.25) is 5.84 Å². The molecule has 2 N–H and O–H groups in total. The molecule has 0 radical (unpaired) electrons.